The van der Waals surface area contributed by atoms with Gasteiger partial charge in [0.2, 0.25) is 5.88 Å². The summed E-state index contributed by atoms with van der Waals surface area (Å²) < 4.78 is 2.82. The lowest BCUT2D eigenvalue weighted by Crippen LogP contribution is -1.91. The Hall–Kier alpha value is -2.14. The van der Waals surface area contributed by atoms with E-state index in [9.17, 15) is 5.11 Å². The maximum absolute atomic E-state index is 10.3. The number of hydrogen-bond donors (Lipinski definition) is 1. The van der Waals surface area contributed by atoms with E-state index in [2.05, 4.69) is 26.2 Å². The van der Waals surface area contributed by atoms with E-state index in [4.69, 9.17) is 0 Å². The van der Waals surface area contributed by atoms with Crippen LogP contribution in [0.3, 0.4) is 0 Å². The van der Waals surface area contributed by atoms with E-state index in [1.54, 1.807) is 0 Å². The Balaban J connectivity index is 2.08. The number of nitrogens with zero attached hydrogens (tertiary/aromatic N) is 3. The van der Waals surface area contributed by atoms with Crippen LogP contribution in [0.1, 0.15) is 6.92 Å². The number of aromatic nitrogens is 1. The Morgan fingerprint density at radius 2 is 1.76 bits per heavy atom. The number of rotatable bonds is 3. The van der Waals surface area contributed by atoms with Crippen molar-refractivity contribution in [2.45, 2.75) is 13.5 Å². The van der Waals surface area contributed by atoms with Crippen LogP contribution >= 0.6 is 15.9 Å². The second-order valence-electron chi connectivity index (χ2n) is 4.61. The van der Waals surface area contributed by atoms with Crippen LogP contribution in [0, 0.1) is 0 Å². The van der Waals surface area contributed by atoms with Crippen molar-refractivity contribution in [3.63, 3.8) is 0 Å². The average molecular weight is 344 g/mol. The van der Waals surface area contributed by atoms with Crippen molar-refractivity contribution in [3.8, 4) is 5.88 Å². The summed E-state index contributed by atoms with van der Waals surface area (Å²) in [4.78, 5) is 0. The molecule has 1 N–H and O–H groups in total. The van der Waals surface area contributed by atoms with Gasteiger partial charge >= 0.3 is 0 Å². The number of benzene rings is 2. The van der Waals surface area contributed by atoms with E-state index < -0.39 is 0 Å². The van der Waals surface area contributed by atoms with Gasteiger partial charge in [-0.3, -0.25) is 0 Å². The first-order chi connectivity index (χ1) is 10.2. The Bertz CT molecular complexity index is 806. The summed E-state index contributed by atoms with van der Waals surface area (Å²) in [7, 11) is 0. The highest BCUT2D eigenvalue weighted by atomic mass is 79.9. The molecule has 0 saturated carbocycles. The Kier molecular flexibility index (Phi) is 3.75. The molecule has 3 rings (SSSR count). The van der Waals surface area contributed by atoms with Crippen molar-refractivity contribution < 1.29 is 5.11 Å². The molecule has 21 heavy (non-hydrogen) atoms. The van der Waals surface area contributed by atoms with Gasteiger partial charge in [0, 0.05) is 16.4 Å². The SMILES string of the molecule is CCn1c(O)c(N=Nc2ccc(Br)cc2)c2ccccc21. The van der Waals surface area contributed by atoms with E-state index in [0.717, 1.165) is 21.1 Å². The van der Waals surface area contributed by atoms with Crippen LogP contribution in [0.4, 0.5) is 11.4 Å². The third-order valence-electron chi connectivity index (χ3n) is 3.33. The minimum Gasteiger partial charge on any atom is -0.493 e. The van der Waals surface area contributed by atoms with Gasteiger partial charge in [0.25, 0.3) is 0 Å². The third kappa shape index (κ3) is 2.56. The first-order valence-corrected chi connectivity index (χ1v) is 7.47. The van der Waals surface area contributed by atoms with Crippen LogP contribution in [0.2, 0.25) is 0 Å². The predicted molar refractivity (Wildman–Crippen MR) is 87.6 cm³/mol. The fourth-order valence-electron chi connectivity index (χ4n) is 2.31. The minimum absolute atomic E-state index is 0.152. The second kappa shape index (κ2) is 5.69. The smallest absolute Gasteiger partial charge is 0.220 e. The van der Waals surface area contributed by atoms with Crippen LogP contribution in [0.5, 0.6) is 5.88 Å². The zero-order valence-corrected chi connectivity index (χ0v) is 13.1. The molecule has 0 fully saturated rings. The van der Waals surface area contributed by atoms with E-state index in [0.29, 0.717) is 12.2 Å². The lowest BCUT2D eigenvalue weighted by molar-refractivity contribution is 0.427. The molecule has 0 radical (unpaired) electrons. The lowest BCUT2D eigenvalue weighted by Gasteiger charge is -2.00. The highest BCUT2D eigenvalue weighted by Crippen LogP contribution is 2.39. The summed E-state index contributed by atoms with van der Waals surface area (Å²) in [6.45, 7) is 2.67. The molecule has 5 heteroatoms. The van der Waals surface area contributed by atoms with Gasteiger partial charge in [0.15, 0.2) is 5.69 Å². The molecule has 1 heterocycles. The fourth-order valence-corrected chi connectivity index (χ4v) is 2.57. The number of aromatic hydroxyl groups is 1. The lowest BCUT2D eigenvalue weighted by atomic mass is 10.2. The van der Waals surface area contributed by atoms with Gasteiger partial charge in [-0.15, -0.1) is 5.11 Å². The van der Waals surface area contributed by atoms with Gasteiger partial charge < -0.3 is 9.67 Å². The van der Waals surface area contributed by atoms with Crippen LogP contribution < -0.4 is 0 Å². The Labute approximate surface area is 130 Å². The summed E-state index contributed by atoms with van der Waals surface area (Å²) in [6.07, 6.45) is 0. The molecule has 0 bridgehead atoms. The van der Waals surface area contributed by atoms with Crippen LogP contribution in [-0.2, 0) is 6.54 Å². The van der Waals surface area contributed by atoms with Crippen LogP contribution in [0.25, 0.3) is 10.9 Å². The molecular weight excluding hydrogens is 330 g/mol. The van der Waals surface area contributed by atoms with Gasteiger partial charge in [-0.2, -0.15) is 5.11 Å². The van der Waals surface area contributed by atoms with Crippen molar-refractivity contribution >= 4 is 38.2 Å². The van der Waals surface area contributed by atoms with Gasteiger partial charge in [-0.05, 0) is 37.3 Å². The largest absolute Gasteiger partial charge is 0.493 e. The summed E-state index contributed by atoms with van der Waals surface area (Å²) in [6, 6.07) is 15.3. The van der Waals surface area contributed by atoms with E-state index in [1.165, 1.54) is 0 Å². The van der Waals surface area contributed by atoms with Crippen molar-refractivity contribution in [1.82, 2.24) is 4.57 Å². The van der Waals surface area contributed by atoms with Crippen molar-refractivity contribution in [2.75, 3.05) is 0 Å². The van der Waals surface area contributed by atoms with Crippen LogP contribution in [0.15, 0.2) is 63.2 Å². The molecular formula is C16H14BrN3O. The molecule has 3 aromatic rings. The predicted octanol–water partition coefficient (Wildman–Crippen LogP) is 5.54. The average Bonchev–Trinajstić information content (AvgIpc) is 2.78. The zero-order chi connectivity index (χ0) is 14.8. The topological polar surface area (TPSA) is 49.9 Å². The minimum atomic E-state index is 0.152. The summed E-state index contributed by atoms with van der Waals surface area (Å²) in [5.41, 5.74) is 2.21. The van der Waals surface area contributed by atoms with Crippen LogP contribution in [-0.4, -0.2) is 9.67 Å². The summed E-state index contributed by atoms with van der Waals surface area (Å²) in [5, 5.41) is 19.7. The third-order valence-corrected chi connectivity index (χ3v) is 3.85. The van der Waals surface area contributed by atoms with Gasteiger partial charge in [-0.1, -0.05) is 34.1 Å². The van der Waals surface area contributed by atoms with Gasteiger partial charge in [-0.25, -0.2) is 0 Å². The normalized spacial score (nSPS) is 11.5. The first kappa shape index (κ1) is 13.8. The summed E-state index contributed by atoms with van der Waals surface area (Å²) in [5.74, 6) is 0.152. The first-order valence-electron chi connectivity index (χ1n) is 6.68. The highest BCUT2D eigenvalue weighted by Gasteiger charge is 2.14. The van der Waals surface area contributed by atoms with Gasteiger partial charge in [0.1, 0.15) is 0 Å². The molecule has 0 spiro atoms. The van der Waals surface area contributed by atoms with Crippen molar-refractivity contribution in [1.29, 1.82) is 0 Å². The maximum Gasteiger partial charge on any atom is 0.220 e. The fraction of sp³-hybridized carbons (Fsp3) is 0.125. The maximum atomic E-state index is 10.3. The van der Waals surface area contributed by atoms with Gasteiger partial charge in [0.05, 0.1) is 11.2 Å². The van der Waals surface area contributed by atoms with Crippen molar-refractivity contribution in [2.24, 2.45) is 10.2 Å². The molecule has 0 aliphatic rings. The number of azo groups is 1. The summed E-state index contributed by atoms with van der Waals surface area (Å²) >= 11 is 3.38. The number of para-hydroxylation sites is 1. The molecule has 0 saturated heterocycles. The molecule has 1 aromatic heterocycles. The van der Waals surface area contributed by atoms with E-state index >= 15 is 0 Å². The molecule has 0 amide bonds. The molecule has 2 aromatic carbocycles. The number of aryl methyl sites for hydroxylation is 1. The monoisotopic (exact) mass is 343 g/mol. The molecule has 0 aliphatic carbocycles. The van der Waals surface area contributed by atoms with E-state index in [-0.39, 0.29) is 5.88 Å². The molecule has 0 aliphatic heterocycles. The van der Waals surface area contributed by atoms with E-state index in [1.807, 2.05) is 60.0 Å². The highest BCUT2D eigenvalue weighted by molar-refractivity contribution is 9.10. The second-order valence-corrected chi connectivity index (χ2v) is 5.53. The van der Waals surface area contributed by atoms with Crippen molar-refractivity contribution in [3.05, 3.63) is 53.0 Å². The number of hydrogen-bond acceptors (Lipinski definition) is 3. The molecule has 4 nitrogen and oxygen atoms in total. The standard InChI is InChI=1S/C16H14BrN3O/c1-2-20-14-6-4-3-5-13(14)15(16(20)21)19-18-12-9-7-11(17)8-10-12/h3-10,21H,2H2,1H3. The zero-order valence-electron chi connectivity index (χ0n) is 11.5. The molecule has 0 atom stereocenters. The molecule has 0 unspecified atom stereocenters. The number of halogens is 1. The number of fused-ring (bicyclic) bond motifs is 1. The quantitative estimate of drug-likeness (QED) is 0.623. The molecule has 106 valence electrons. The Morgan fingerprint density at radius 1 is 1.05 bits per heavy atom. The Morgan fingerprint density at radius 3 is 2.48 bits per heavy atom.